The standard InChI is InChI=1S/C9H6F3NO3/c1-5-3-2-4-6(13(15)16)7(5)8(14)9(10,11)12/h2-4H,1H3. The van der Waals surface area contributed by atoms with Gasteiger partial charge in [0.25, 0.3) is 11.5 Å². The van der Waals surface area contributed by atoms with Gasteiger partial charge in [0.1, 0.15) is 5.56 Å². The van der Waals surface area contributed by atoms with Crippen LogP contribution in [0.5, 0.6) is 0 Å². The van der Waals surface area contributed by atoms with Crippen LogP contribution in [-0.4, -0.2) is 16.9 Å². The van der Waals surface area contributed by atoms with Crippen LogP contribution in [-0.2, 0) is 0 Å². The summed E-state index contributed by atoms with van der Waals surface area (Å²) in [5.41, 5.74) is -1.81. The summed E-state index contributed by atoms with van der Waals surface area (Å²) in [6.07, 6.45) is -5.11. The summed E-state index contributed by atoms with van der Waals surface area (Å²) in [7, 11) is 0. The highest BCUT2D eigenvalue weighted by Crippen LogP contribution is 2.29. The number of aryl methyl sites for hydroxylation is 1. The van der Waals surface area contributed by atoms with Crippen molar-refractivity contribution in [3.05, 3.63) is 39.4 Å². The van der Waals surface area contributed by atoms with Crippen molar-refractivity contribution in [1.29, 1.82) is 0 Å². The second-order valence-corrected chi connectivity index (χ2v) is 3.05. The molecule has 0 radical (unpaired) electrons. The summed E-state index contributed by atoms with van der Waals surface area (Å²) in [5, 5.41) is 10.5. The zero-order valence-corrected chi connectivity index (χ0v) is 8.04. The molecule has 0 aromatic heterocycles. The van der Waals surface area contributed by atoms with Gasteiger partial charge in [-0.15, -0.1) is 0 Å². The van der Waals surface area contributed by atoms with E-state index in [2.05, 4.69) is 0 Å². The third-order valence-electron chi connectivity index (χ3n) is 1.93. The number of Topliss-reactive ketones (excluding diaryl/α,β-unsaturated/α-hetero) is 1. The molecular formula is C9H6F3NO3. The molecular weight excluding hydrogens is 227 g/mol. The van der Waals surface area contributed by atoms with E-state index in [0.717, 1.165) is 6.07 Å². The van der Waals surface area contributed by atoms with Crippen LogP contribution in [0.4, 0.5) is 18.9 Å². The molecule has 0 aliphatic rings. The average Bonchev–Trinajstić information content (AvgIpc) is 2.14. The predicted molar refractivity (Wildman–Crippen MR) is 48.2 cm³/mol. The van der Waals surface area contributed by atoms with Crippen LogP contribution in [0.15, 0.2) is 18.2 Å². The molecule has 1 rings (SSSR count). The zero-order chi connectivity index (χ0) is 12.5. The Balaban J connectivity index is 3.43. The van der Waals surface area contributed by atoms with Gasteiger partial charge in [0.05, 0.1) is 4.92 Å². The maximum atomic E-state index is 12.2. The molecule has 86 valence electrons. The Morgan fingerprint density at radius 3 is 2.38 bits per heavy atom. The first-order valence-corrected chi connectivity index (χ1v) is 4.10. The smallest absolute Gasteiger partial charge is 0.284 e. The second kappa shape index (κ2) is 3.92. The first-order chi connectivity index (χ1) is 7.25. The topological polar surface area (TPSA) is 60.2 Å². The first-order valence-electron chi connectivity index (χ1n) is 4.10. The number of rotatable bonds is 2. The molecule has 1 aromatic rings. The van der Waals surface area contributed by atoms with Crippen molar-refractivity contribution in [2.24, 2.45) is 0 Å². The van der Waals surface area contributed by atoms with Gasteiger partial charge >= 0.3 is 6.18 Å². The van der Waals surface area contributed by atoms with Crippen molar-refractivity contribution in [2.45, 2.75) is 13.1 Å². The Morgan fingerprint density at radius 2 is 1.94 bits per heavy atom. The molecule has 0 saturated heterocycles. The maximum absolute atomic E-state index is 12.2. The molecule has 0 bridgehead atoms. The predicted octanol–water partition coefficient (Wildman–Crippen LogP) is 2.65. The lowest BCUT2D eigenvalue weighted by molar-refractivity contribution is -0.385. The summed E-state index contributed by atoms with van der Waals surface area (Å²) in [4.78, 5) is 20.5. The molecule has 0 saturated carbocycles. The van der Waals surface area contributed by atoms with Crippen LogP contribution in [0.25, 0.3) is 0 Å². The van der Waals surface area contributed by atoms with E-state index in [1.165, 1.54) is 19.1 Å². The molecule has 16 heavy (non-hydrogen) atoms. The van der Waals surface area contributed by atoms with Crippen molar-refractivity contribution >= 4 is 11.5 Å². The number of ketones is 1. The van der Waals surface area contributed by atoms with E-state index in [0.29, 0.717) is 0 Å². The Hall–Kier alpha value is -1.92. The molecule has 7 heteroatoms. The number of hydrogen-bond donors (Lipinski definition) is 0. The highest BCUT2D eigenvalue weighted by molar-refractivity contribution is 6.04. The normalized spacial score (nSPS) is 11.2. The number of nitrogens with zero attached hydrogens (tertiary/aromatic N) is 1. The van der Waals surface area contributed by atoms with E-state index in [1.807, 2.05) is 0 Å². The molecule has 0 spiro atoms. The highest BCUT2D eigenvalue weighted by Gasteiger charge is 2.43. The molecule has 0 heterocycles. The molecule has 0 aliphatic heterocycles. The number of benzene rings is 1. The highest BCUT2D eigenvalue weighted by atomic mass is 19.4. The van der Waals surface area contributed by atoms with Gasteiger partial charge in [-0.1, -0.05) is 12.1 Å². The lowest BCUT2D eigenvalue weighted by atomic mass is 10.0. The van der Waals surface area contributed by atoms with Crippen LogP contribution < -0.4 is 0 Å². The summed E-state index contributed by atoms with van der Waals surface area (Å²) in [6, 6.07) is 3.30. The second-order valence-electron chi connectivity index (χ2n) is 3.05. The SMILES string of the molecule is Cc1cccc([N+](=O)[O-])c1C(=O)C(F)(F)F. The van der Waals surface area contributed by atoms with E-state index in [4.69, 9.17) is 0 Å². The Labute approximate surface area is 87.8 Å². The summed E-state index contributed by atoms with van der Waals surface area (Å²) in [5.74, 6) is -2.20. The summed E-state index contributed by atoms with van der Waals surface area (Å²) < 4.78 is 36.6. The number of halogens is 3. The fourth-order valence-corrected chi connectivity index (χ4v) is 1.24. The van der Waals surface area contributed by atoms with Gasteiger partial charge in [0.2, 0.25) is 0 Å². The Morgan fingerprint density at radius 1 is 1.38 bits per heavy atom. The van der Waals surface area contributed by atoms with Crippen molar-refractivity contribution in [2.75, 3.05) is 0 Å². The number of hydrogen-bond acceptors (Lipinski definition) is 3. The maximum Gasteiger partial charge on any atom is 0.455 e. The number of carbonyl (C=O) groups excluding carboxylic acids is 1. The number of alkyl halides is 3. The van der Waals surface area contributed by atoms with E-state index < -0.39 is 28.1 Å². The minimum absolute atomic E-state index is 0.0727. The fraction of sp³-hybridized carbons (Fsp3) is 0.222. The number of nitro groups is 1. The average molecular weight is 233 g/mol. The van der Waals surface area contributed by atoms with Gasteiger partial charge in [-0.25, -0.2) is 0 Å². The minimum Gasteiger partial charge on any atom is -0.284 e. The molecule has 0 N–H and O–H groups in total. The van der Waals surface area contributed by atoms with E-state index >= 15 is 0 Å². The lowest BCUT2D eigenvalue weighted by Crippen LogP contribution is -2.24. The Kier molecular flexibility index (Phi) is 2.97. The molecule has 0 aliphatic carbocycles. The van der Waals surface area contributed by atoms with Crippen LogP contribution in [0.2, 0.25) is 0 Å². The van der Waals surface area contributed by atoms with Gasteiger partial charge in [-0.05, 0) is 12.5 Å². The van der Waals surface area contributed by atoms with Crippen LogP contribution >= 0.6 is 0 Å². The molecule has 1 aromatic carbocycles. The monoisotopic (exact) mass is 233 g/mol. The third-order valence-corrected chi connectivity index (χ3v) is 1.93. The third kappa shape index (κ3) is 2.18. The van der Waals surface area contributed by atoms with E-state index in [-0.39, 0.29) is 5.56 Å². The molecule has 0 atom stereocenters. The molecule has 4 nitrogen and oxygen atoms in total. The Bertz CT molecular complexity index is 454. The summed E-state index contributed by atoms with van der Waals surface area (Å²) in [6.45, 7) is 1.21. The molecule has 0 amide bonds. The van der Waals surface area contributed by atoms with Crippen molar-refractivity contribution < 1.29 is 22.9 Å². The zero-order valence-electron chi connectivity index (χ0n) is 8.04. The lowest BCUT2D eigenvalue weighted by Gasteiger charge is -2.08. The number of carbonyl (C=O) groups is 1. The fourth-order valence-electron chi connectivity index (χ4n) is 1.24. The summed E-state index contributed by atoms with van der Waals surface area (Å²) >= 11 is 0. The molecule has 0 fully saturated rings. The van der Waals surface area contributed by atoms with E-state index in [1.54, 1.807) is 0 Å². The first kappa shape index (κ1) is 12.2. The van der Waals surface area contributed by atoms with E-state index in [9.17, 15) is 28.1 Å². The van der Waals surface area contributed by atoms with Gasteiger partial charge < -0.3 is 0 Å². The number of nitro benzene ring substituents is 1. The van der Waals surface area contributed by atoms with Gasteiger partial charge in [0.15, 0.2) is 0 Å². The van der Waals surface area contributed by atoms with Crippen LogP contribution in [0, 0.1) is 17.0 Å². The van der Waals surface area contributed by atoms with Gasteiger partial charge in [-0.2, -0.15) is 13.2 Å². The minimum atomic E-state index is -5.11. The van der Waals surface area contributed by atoms with Crippen molar-refractivity contribution in [1.82, 2.24) is 0 Å². The van der Waals surface area contributed by atoms with Crippen molar-refractivity contribution in [3.8, 4) is 0 Å². The van der Waals surface area contributed by atoms with Gasteiger partial charge in [0, 0.05) is 6.07 Å². The molecule has 0 unspecified atom stereocenters. The van der Waals surface area contributed by atoms with Crippen LogP contribution in [0.3, 0.4) is 0 Å². The largest absolute Gasteiger partial charge is 0.455 e. The van der Waals surface area contributed by atoms with Crippen molar-refractivity contribution in [3.63, 3.8) is 0 Å². The van der Waals surface area contributed by atoms with Crippen LogP contribution in [0.1, 0.15) is 15.9 Å². The quantitative estimate of drug-likeness (QED) is 0.448. The van der Waals surface area contributed by atoms with Gasteiger partial charge in [-0.3, -0.25) is 14.9 Å².